The van der Waals surface area contributed by atoms with Crippen molar-refractivity contribution in [1.82, 2.24) is 25.7 Å². The summed E-state index contributed by atoms with van der Waals surface area (Å²) in [5.41, 5.74) is 1.82. The summed E-state index contributed by atoms with van der Waals surface area (Å²) in [6.45, 7) is 7.61. The molecule has 0 aromatic carbocycles. The van der Waals surface area contributed by atoms with Crippen LogP contribution in [0.3, 0.4) is 0 Å². The Morgan fingerprint density at radius 3 is 2.56 bits per heavy atom. The van der Waals surface area contributed by atoms with Crippen LogP contribution in [-0.2, 0) is 0 Å². The first kappa shape index (κ1) is 12.7. The van der Waals surface area contributed by atoms with Crippen molar-refractivity contribution in [3.05, 3.63) is 27.0 Å². The molecule has 0 aliphatic heterocycles. The molecule has 1 amide bonds. The second kappa shape index (κ2) is 4.85. The Kier molecular flexibility index (Phi) is 3.42. The molecule has 1 atom stereocenters. The first-order valence-electron chi connectivity index (χ1n) is 5.61. The summed E-state index contributed by atoms with van der Waals surface area (Å²) < 4.78 is 0. The Morgan fingerprint density at radius 2 is 2.06 bits per heavy atom. The fraction of sp³-hybridized carbons (Fsp3) is 0.455. The first-order chi connectivity index (χ1) is 8.49. The molecule has 2 aromatic rings. The zero-order chi connectivity index (χ0) is 13.3. The van der Waals surface area contributed by atoms with E-state index < -0.39 is 0 Å². The number of carbonyl (C=O) groups excluding carboxylic acids is 1. The van der Waals surface area contributed by atoms with Crippen molar-refractivity contribution < 1.29 is 4.79 Å². The standard InChI is InChI=1S/C11H15N5OS/c1-5(9-7(3)18-8(4)13-9)12-11(17)10-6(2)14-16-15-10/h5H,1-4H3,(H,12,17)(H,14,15,16). The highest BCUT2D eigenvalue weighted by Crippen LogP contribution is 2.22. The predicted molar refractivity (Wildman–Crippen MR) is 68.6 cm³/mol. The summed E-state index contributed by atoms with van der Waals surface area (Å²) in [5, 5.41) is 14.0. The van der Waals surface area contributed by atoms with Crippen molar-refractivity contribution in [2.45, 2.75) is 33.7 Å². The highest BCUT2D eigenvalue weighted by Gasteiger charge is 2.19. The quantitative estimate of drug-likeness (QED) is 0.884. The van der Waals surface area contributed by atoms with Crippen LogP contribution < -0.4 is 5.32 Å². The predicted octanol–water partition coefficient (Wildman–Crippen LogP) is 1.68. The molecule has 0 bridgehead atoms. The van der Waals surface area contributed by atoms with E-state index in [4.69, 9.17) is 0 Å². The van der Waals surface area contributed by atoms with Crippen LogP contribution in [0.1, 0.15) is 44.7 Å². The minimum atomic E-state index is -0.237. The molecule has 2 aromatic heterocycles. The average molecular weight is 265 g/mol. The van der Waals surface area contributed by atoms with Gasteiger partial charge in [0.15, 0.2) is 5.69 Å². The smallest absolute Gasteiger partial charge is 0.274 e. The van der Waals surface area contributed by atoms with Gasteiger partial charge in [0.2, 0.25) is 0 Å². The second-order valence-electron chi connectivity index (χ2n) is 4.13. The Bertz CT molecular complexity index is 574. The molecule has 0 aliphatic carbocycles. The number of H-pyrrole nitrogens is 1. The molecule has 0 saturated carbocycles. The van der Waals surface area contributed by atoms with Gasteiger partial charge in [-0.2, -0.15) is 15.4 Å². The van der Waals surface area contributed by atoms with Gasteiger partial charge in [-0.1, -0.05) is 0 Å². The highest BCUT2D eigenvalue weighted by molar-refractivity contribution is 7.11. The van der Waals surface area contributed by atoms with Crippen LogP contribution >= 0.6 is 11.3 Å². The largest absolute Gasteiger partial charge is 0.342 e. The van der Waals surface area contributed by atoms with Gasteiger partial charge in [0, 0.05) is 4.88 Å². The summed E-state index contributed by atoms with van der Waals surface area (Å²) in [5.74, 6) is -0.237. The zero-order valence-corrected chi connectivity index (χ0v) is 11.6. The molecular weight excluding hydrogens is 250 g/mol. The van der Waals surface area contributed by atoms with Crippen molar-refractivity contribution in [1.29, 1.82) is 0 Å². The minimum Gasteiger partial charge on any atom is -0.342 e. The van der Waals surface area contributed by atoms with E-state index in [2.05, 4.69) is 25.7 Å². The van der Waals surface area contributed by atoms with E-state index in [-0.39, 0.29) is 11.9 Å². The first-order valence-corrected chi connectivity index (χ1v) is 6.43. The van der Waals surface area contributed by atoms with Gasteiger partial charge < -0.3 is 5.32 Å². The van der Waals surface area contributed by atoms with E-state index in [9.17, 15) is 4.79 Å². The van der Waals surface area contributed by atoms with Gasteiger partial charge in [-0.15, -0.1) is 11.3 Å². The van der Waals surface area contributed by atoms with Crippen LogP contribution in [0.15, 0.2) is 0 Å². The average Bonchev–Trinajstić information content (AvgIpc) is 2.84. The molecule has 6 nitrogen and oxygen atoms in total. The van der Waals surface area contributed by atoms with Crippen LogP contribution in [-0.4, -0.2) is 26.3 Å². The van der Waals surface area contributed by atoms with Crippen molar-refractivity contribution in [3.8, 4) is 0 Å². The number of aromatic nitrogens is 4. The Hall–Kier alpha value is -1.76. The maximum atomic E-state index is 12.0. The normalized spacial score (nSPS) is 12.4. The van der Waals surface area contributed by atoms with Gasteiger partial charge in [-0.25, -0.2) is 4.98 Å². The Morgan fingerprint density at radius 1 is 1.33 bits per heavy atom. The van der Waals surface area contributed by atoms with Crippen molar-refractivity contribution in [2.75, 3.05) is 0 Å². The maximum absolute atomic E-state index is 12.0. The molecule has 0 saturated heterocycles. The van der Waals surface area contributed by atoms with Gasteiger partial charge in [0.05, 0.1) is 22.4 Å². The number of nitrogens with one attached hydrogen (secondary N) is 2. The lowest BCUT2D eigenvalue weighted by Crippen LogP contribution is -2.28. The van der Waals surface area contributed by atoms with Gasteiger partial charge in [0.1, 0.15) is 0 Å². The molecule has 18 heavy (non-hydrogen) atoms. The molecule has 96 valence electrons. The molecule has 0 fully saturated rings. The van der Waals surface area contributed by atoms with E-state index >= 15 is 0 Å². The van der Waals surface area contributed by atoms with Crippen LogP contribution in [0.25, 0.3) is 0 Å². The number of hydrogen-bond acceptors (Lipinski definition) is 5. The SMILES string of the molecule is Cc1nc(C(C)NC(=O)c2n[nH]nc2C)c(C)s1. The molecule has 0 spiro atoms. The Balaban J connectivity index is 2.13. The summed E-state index contributed by atoms with van der Waals surface area (Å²) in [6, 6.07) is -0.140. The summed E-state index contributed by atoms with van der Waals surface area (Å²) >= 11 is 1.63. The number of nitrogens with zero attached hydrogens (tertiary/aromatic N) is 3. The van der Waals surface area contributed by atoms with Crippen LogP contribution in [0, 0.1) is 20.8 Å². The van der Waals surface area contributed by atoms with Gasteiger partial charge >= 0.3 is 0 Å². The molecule has 2 rings (SSSR count). The minimum absolute atomic E-state index is 0.140. The van der Waals surface area contributed by atoms with Crippen LogP contribution in [0.2, 0.25) is 0 Å². The molecule has 7 heteroatoms. The number of aromatic amines is 1. The van der Waals surface area contributed by atoms with E-state index in [1.54, 1.807) is 18.3 Å². The second-order valence-corrected chi connectivity index (χ2v) is 5.53. The molecule has 0 aliphatic rings. The fourth-order valence-corrected chi connectivity index (χ4v) is 2.69. The number of thiazole rings is 1. The molecule has 0 radical (unpaired) electrons. The van der Waals surface area contributed by atoms with Crippen molar-refractivity contribution in [3.63, 3.8) is 0 Å². The monoisotopic (exact) mass is 265 g/mol. The third-order valence-electron chi connectivity index (χ3n) is 2.63. The summed E-state index contributed by atoms with van der Waals surface area (Å²) in [4.78, 5) is 17.5. The highest BCUT2D eigenvalue weighted by atomic mass is 32.1. The van der Waals surface area contributed by atoms with E-state index in [0.29, 0.717) is 11.4 Å². The number of carbonyl (C=O) groups is 1. The summed E-state index contributed by atoms with van der Waals surface area (Å²) in [6.07, 6.45) is 0. The lowest BCUT2D eigenvalue weighted by Gasteiger charge is -2.11. The molecular formula is C11H15N5OS. The van der Waals surface area contributed by atoms with Gasteiger partial charge in [-0.3, -0.25) is 4.79 Å². The molecule has 2 N–H and O–H groups in total. The van der Waals surface area contributed by atoms with Gasteiger partial charge in [0.25, 0.3) is 5.91 Å². The van der Waals surface area contributed by atoms with E-state index in [1.165, 1.54) is 0 Å². The van der Waals surface area contributed by atoms with Crippen LogP contribution in [0.5, 0.6) is 0 Å². The Labute approximate surface area is 109 Å². The van der Waals surface area contributed by atoms with Crippen molar-refractivity contribution in [2.24, 2.45) is 0 Å². The van der Waals surface area contributed by atoms with Gasteiger partial charge in [-0.05, 0) is 27.7 Å². The third-order valence-corrected chi connectivity index (χ3v) is 3.54. The lowest BCUT2D eigenvalue weighted by atomic mass is 10.2. The maximum Gasteiger partial charge on any atom is 0.274 e. The van der Waals surface area contributed by atoms with E-state index in [1.807, 2.05) is 20.8 Å². The zero-order valence-electron chi connectivity index (χ0n) is 10.7. The van der Waals surface area contributed by atoms with Crippen LogP contribution in [0.4, 0.5) is 0 Å². The molecule has 2 heterocycles. The van der Waals surface area contributed by atoms with Crippen molar-refractivity contribution >= 4 is 17.2 Å². The van der Waals surface area contributed by atoms with E-state index in [0.717, 1.165) is 15.6 Å². The number of amides is 1. The number of rotatable bonds is 3. The third kappa shape index (κ3) is 2.40. The molecule has 1 unspecified atom stereocenters. The summed E-state index contributed by atoms with van der Waals surface area (Å²) in [7, 11) is 0. The number of aryl methyl sites for hydroxylation is 3. The fourth-order valence-electron chi connectivity index (χ4n) is 1.78. The topological polar surface area (TPSA) is 83.6 Å². The lowest BCUT2D eigenvalue weighted by molar-refractivity contribution is 0.0933. The number of hydrogen-bond donors (Lipinski definition) is 2.